The average molecular weight is 494 g/mol. The van der Waals surface area contributed by atoms with E-state index < -0.39 is 0 Å². The van der Waals surface area contributed by atoms with Crippen LogP contribution in [0.1, 0.15) is 102 Å². The fourth-order valence-electron chi connectivity index (χ4n) is 5.99. The maximum atomic E-state index is 13.3. The SMILES string of the molecule is CC(C)[C@@H]1CC[C@@H](C)C[C@H]1OC(=O)c1ccc(O)c([C@@H](CCN(C(C)C)C(C)C)c2ccccc2)c1. The Kier molecular flexibility index (Phi) is 10.0. The molecular weight excluding hydrogens is 446 g/mol. The summed E-state index contributed by atoms with van der Waals surface area (Å²) in [6.45, 7) is 16.5. The average Bonchev–Trinajstić information content (AvgIpc) is 2.82. The van der Waals surface area contributed by atoms with Crippen LogP contribution in [0, 0.1) is 17.8 Å². The van der Waals surface area contributed by atoms with Crippen molar-refractivity contribution in [2.45, 2.75) is 98.3 Å². The number of nitrogens with zero attached hydrogens (tertiary/aromatic N) is 1. The van der Waals surface area contributed by atoms with E-state index in [0.29, 0.717) is 35.4 Å². The van der Waals surface area contributed by atoms with Crippen LogP contribution in [-0.4, -0.2) is 40.7 Å². The lowest BCUT2D eigenvalue weighted by atomic mass is 9.75. The molecular formula is C32H47NO3. The first kappa shape index (κ1) is 28.2. The zero-order chi connectivity index (χ0) is 26.4. The van der Waals surface area contributed by atoms with Gasteiger partial charge in [-0.1, -0.05) is 57.5 Å². The van der Waals surface area contributed by atoms with Crippen molar-refractivity contribution < 1.29 is 14.6 Å². The Labute approximate surface area is 219 Å². The molecule has 1 aliphatic rings. The summed E-state index contributed by atoms with van der Waals surface area (Å²) in [6.07, 6.45) is 4.03. The predicted molar refractivity (Wildman–Crippen MR) is 149 cm³/mol. The normalized spacial score (nSPS) is 21.4. The van der Waals surface area contributed by atoms with E-state index in [1.54, 1.807) is 12.1 Å². The number of carbonyl (C=O) groups is 1. The number of esters is 1. The molecule has 1 aliphatic carbocycles. The molecule has 2 aromatic carbocycles. The molecule has 0 aliphatic heterocycles. The largest absolute Gasteiger partial charge is 0.508 e. The van der Waals surface area contributed by atoms with Crippen LogP contribution in [0.3, 0.4) is 0 Å². The highest BCUT2D eigenvalue weighted by molar-refractivity contribution is 5.90. The molecule has 198 valence electrons. The van der Waals surface area contributed by atoms with Gasteiger partial charge in [-0.3, -0.25) is 4.90 Å². The number of ether oxygens (including phenoxy) is 1. The molecule has 1 fully saturated rings. The number of hydrogen-bond donors (Lipinski definition) is 1. The van der Waals surface area contributed by atoms with Crippen LogP contribution < -0.4 is 0 Å². The third-order valence-corrected chi connectivity index (χ3v) is 8.06. The number of rotatable bonds is 10. The summed E-state index contributed by atoms with van der Waals surface area (Å²) in [5.74, 6) is 1.39. The van der Waals surface area contributed by atoms with Gasteiger partial charge in [-0.15, -0.1) is 0 Å². The summed E-state index contributed by atoms with van der Waals surface area (Å²) in [7, 11) is 0. The Morgan fingerprint density at radius 2 is 1.67 bits per heavy atom. The number of phenolic OH excluding ortho intramolecular Hbond substituents is 1. The van der Waals surface area contributed by atoms with Crippen LogP contribution in [0.25, 0.3) is 0 Å². The molecule has 4 nitrogen and oxygen atoms in total. The van der Waals surface area contributed by atoms with Gasteiger partial charge in [0.15, 0.2) is 0 Å². The highest BCUT2D eigenvalue weighted by atomic mass is 16.5. The summed E-state index contributed by atoms with van der Waals surface area (Å²) in [5.41, 5.74) is 2.46. The molecule has 1 saturated carbocycles. The van der Waals surface area contributed by atoms with Crippen LogP contribution in [0.5, 0.6) is 5.75 Å². The minimum atomic E-state index is -0.279. The van der Waals surface area contributed by atoms with Gasteiger partial charge in [0.05, 0.1) is 5.56 Å². The van der Waals surface area contributed by atoms with E-state index in [-0.39, 0.29) is 23.7 Å². The predicted octanol–water partition coefficient (Wildman–Crippen LogP) is 7.65. The van der Waals surface area contributed by atoms with Crippen molar-refractivity contribution in [3.8, 4) is 5.75 Å². The van der Waals surface area contributed by atoms with Crippen molar-refractivity contribution in [1.82, 2.24) is 4.90 Å². The van der Waals surface area contributed by atoms with Crippen molar-refractivity contribution >= 4 is 5.97 Å². The molecule has 4 atom stereocenters. The summed E-state index contributed by atoms with van der Waals surface area (Å²) in [4.78, 5) is 15.8. The zero-order valence-electron chi connectivity index (χ0n) is 23.4. The van der Waals surface area contributed by atoms with Crippen molar-refractivity contribution in [3.63, 3.8) is 0 Å². The smallest absolute Gasteiger partial charge is 0.338 e. The first-order chi connectivity index (χ1) is 17.1. The summed E-state index contributed by atoms with van der Waals surface area (Å²) < 4.78 is 6.13. The molecule has 1 N–H and O–H groups in total. The molecule has 0 radical (unpaired) electrons. The van der Waals surface area contributed by atoms with E-state index in [9.17, 15) is 9.90 Å². The highest BCUT2D eigenvalue weighted by Crippen LogP contribution is 2.37. The van der Waals surface area contributed by atoms with Crippen LogP contribution in [0.2, 0.25) is 0 Å². The Morgan fingerprint density at radius 3 is 2.28 bits per heavy atom. The molecule has 2 aromatic rings. The van der Waals surface area contributed by atoms with Crippen LogP contribution in [0.4, 0.5) is 0 Å². The molecule has 3 rings (SSSR count). The van der Waals surface area contributed by atoms with Crippen LogP contribution in [0.15, 0.2) is 48.5 Å². The highest BCUT2D eigenvalue weighted by Gasteiger charge is 2.34. The lowest BCUT2D eigenvalue weighted by Crippen LogP contribution is -2.38. The Morgan fingerprint density at radius 1 is 1.00 bits per heavy atom. The third-order valence-electron chi connectivity index (χ3n) is 8.06. The first-order valence-electron chi connectivity index (χ1n) is 13.9. The van der Waals surface area contributed by atoms with Crippen molar-refractivity contribution in [1.29, 1.82) is 0 Å². The van der Waals surface area contributed by atoms with Gasteiger partial charge in [0.2, 0.25) is 0 Å². The van der Waals surface area contributed by atoms with E-state index in [2.05, 4.69) is 65.5 Å². The fraction of sp³-hybridized carbons (Fsp3) is 0.594. The Balaban J connectivity index is 1.88. The van der Waals surface area contributed by atoms with E-state index in [4.69, 9.17) is 4.74 Å². The summed E-state index contributed by atoms with van der Waals surface area (Å²) in [6, 6.07) is 16.4. The molecule has 0 bridgehead atoms. The van der Waals surface area contributed by atoms with Gasteiger partial charge >= 0.3 is 5.97 Å². The molecule has 0 unspecified atom stereocenters. The maximum Gasteiger partial charge on any atom is 0.338 e. The van der Waals surface area contributed by atoms with Gasteiger partial charge in [0, 0.05) is 23.6 Å². The second kappa shape index (κ2) is 12.8. The molecule has 0 aromatic heterocycles. The molecule has 0 spiro atoms. The molecule has 36 heavy (non-hydrogen) atoms. The minimum absolute atomic E-state index is 0.0166. The second-order valence-electron chi connectivity index (χ2n) is 11.7. The lowest BCUT2D eigenvalue weighted by molar-refractivity contribution is -0.0174. The molecule has 4 heteroatoms. The second-order valence-corrected chi connectivity index (χ2v) is 11.7. The third kappa shape index (κ3) is 7.12. The monoisotopic (exact) mass is 493 g/mol. The van der Waals surface area contributed by atoms with Crippen molar-refractivity contribution in [2.24, 2.45) is 17.8 Å². The van der Waals surface area contributed by atoms with Gasteiger partial charge in [-0.2, -0.15) is 0 Å². The summed E-state index contributed by atoms with van der Waals surface area (Å²) >= 11 is 0. The molecule has 0 amide bonds. The number of aromatic hydroxyl groups is 1. The Bertz CT molecular complexity index is 961. The number of phenols is 1. The van der Waals surface area contributed by atoms with Gasteiger partial charge in [-0.05, 0) is 95.0 Å². The lowest BCUT2D eigenvalue weighted by Gasteiger charge is -2.36. The minimum Gasteiger partial charge on any atom is -0.508 e. The van der Waals surface area contributed by atoms with Gasteiger partial charge < -0.3 is 9.84 Å². The summed E-state index contributed by atoms with van der Waals surface area (Å²) in [5, 5.41) is 10.9. The topological polar surface area (TPSA) is 49.8 Å². The van der Waals surface area contributed by atoms with E-state index >= 15 is 0 Å². The fourth-order valence-corrected chi connectivity index (χ4v) is 5.99. The zero-order valence-corrected chi connectivity index (χ0v) is 23.4. The standard InChI is InChI=1S/C32H47NO3/c1-21(2)27-15-13-24(7)19-31(27)36-32(35)26-14-16-30(34)29(20-26)28(25-11-9-8-10-12-25)17-18-33(22(3)4)23(5)6/h8-12,14,16,20-24,27-28,31,34H,13,15,17-19H2,1-7H3/t24-,27+,28+,31-/m1/s1. The maximum absolute atomic E-state index is 13.3. The molecule has 0 heterocycles. The first-order valence-corrected chi connectivity index (χ1v) is 13.9. The molecule has 0 saturated heterocycles. The van der Waals surface area contributed by atoms with Crippen molar-refractivity contribution in [3.05, 3.63) is 65.2 Å². The van der Waals surface area contributed by atoms with E-state index in [0.717, 1.165) is 36.9 Å². The van der Waals surface area contributed by atoms with Crippen LogP contribution in [-0.2, 0) is 4.74 Å². The quantitative estimate of drug-likeness (QED) is 0.345. The number of hydrogen-bond acceptors (Lipinski definition) is 4. The van der Waals surface area contributed by atoms with Gasteiger partial charge in [-0.25, -0.2) is 4.79 Å². The van der Waals surface area contributed by atoms with Gasteiger partial charge in [0.25, 0.3) is 0 Å². The number of benzene rings is 2. The van der Waals surface area contributed by atoms with Crippen LogP contribution >= 0.6 is 0 Å². The Hall–Kier alpha value is -2.33. The van der Waals surface area contributed by atoms with E-state index in [1.807, 2.05) is 24.3 Å². The number of carbonyl (C=O) groups excluding carboxylic acids is 1. The van der Waals surface area contributed by atoms with Gasteiger partial charge in [0.1, 0.15) is 11.9 Å². The van der Waals surface area contributed by atoms with Crippen molar-refractivity contribution in [2.75, 3.05) is 6.54 Å². The van der Waals surface area contributed by atoms with E-state index in [1.165, 1.54) is 6.42 Å².